The minimum atomic E-state index is -1.06. The lowest BCUT2D eigenvalue weighted by Crippen LogP contribution is -2.52. The molecule has 1 amide bonds. The van der Waals surface area contributed by atoms with Crippen LogP contribution in [0.4, 0.5) is 5.69 Å². The third kappa shape index (κ3) is 6.54. The first-order valence-electron chi connectivity index (χ1n) is 8.43. The summed E-state index contributed by atoms with van der Waals surface area (Å²) in [6.45, 7) is 3.76. The van der Waals surface area contributed by atoms with Crippen molar-refractivity contribution >= 4 is 23.5 Å². The first-order valence-corrected chi connectivity index (χ1v) is 8.43. The Bertz CT molecular complexity index is 674. The van der Waals surface area contributed by atoms with Gasteiger partial charge in [-0.1, -0.05) is 0 Å². The first-order chi connectivity index (χ1) is 12.7. The highest BCUT2D eigenvalue weighted by Crippen LogP contribution is 2.26. The molecule has 2 rings (SSSR count). The van der Waals surface area contributed by atoms with Gasteiger partial charge in [-0.25, -0.2) is 0 Å². The Labute approximate surface area is 156 Å². The van der Waals surface area contributed by atoms with Gasteiger partial charge in [-0.15, -0.1) is 0 Å². The molecule has 1 saturated heterocycles. The van der Waals surface area contributed by atoms with Crippen molar-refractivity contribution in [2.45, 2.75) is 51.8 Å². The van der Waals surface area contributed by atoms with Crippen molar-refractivity contribution < 1.29 is 38.4 Å². The Kier molecular flexibility index (Phi) is 7.14. The molecule has 148 valence electrons. The number of anilines is 1. The van der Waals surface area contributed by atoms with Crippen LogP contribution < -0.4 is 10.1 Å². The Morgan fingerprint density at radius 3 is 2.37 bits per heavy atom. The van der Waals surface area contributed by atoms with Gasteiger partial charge >= 0.3 is 11.9 Å². The zero-order valence-corrected chi connectivity index (χ0v) is 15.3. The molecule has 27 heavy (non-hydrogen) atoms. The number of ether oxygens (including phenoxy) is 4. The number of nitrogens with one attached hydrogen (secondary N) is 1. The minimum Gasteiger partial charge on any atom is -0.463 e. The van der Waals surface area contributed by atoms with Gasteiger partial charge in [-0.05, 0) is 24.3 Å². The van der Waals surface area contributed by atoms with Crippen molar-refractivity contribution in [3.63, 3.8) is 0 Å². The molecular formula is C18H23NO8. The minimum absolute atomic E-state index is 0.0696. The lowest BCUT2D eigenvalue weighted by atomic mass is 10.0. The quantitative estimate of drug-likeness (QED) is 0.700. The van der Waals surface area contributed by atoms with Gasteiger partial charge in [-0.2, -0.15) is 0 Å². The number of aliphatic hydroxyl groups excluding tert-OH is 1. The number of aliphatic hydroxyl groups is 1. The number of esters is 2. The van der Waals surface area contributed by atoms with E-state index in [0.717, 1.165) is 0 Å². The molecule has 0 aliphatic carbocycles. The lowest BCUT2D eigenvalue weighted by molar-refractivity contribution is -0.247. The van der Waals surface area contributed by atoms with Crippen LogP contribution in [0.25, 0.3) is 0 Å². The molecule has 0 aromatic heterocycles. The second-order valence-electron chi connectivity index (χ2n) is 6.12. The summed E-state index contributed by atoms with van der Waals surface area (Å²) in [6, 6.07) is 6.51. The molecule has 0 radical (unpaired) electrons. The smallest absolute Gasteiger partial charge is 0.302 e. The van der Waals surface area contributed by atoms with E-state index in [-0.39, 0.29) is 18.9 Å². The third-order valence-electron chi connectivity index (χ3n) is 3.71. The van der Waals surface area contributed by atoms with Crippen molar-refractivity contribution in [1.29, 1.82) is 0 Å². The zero-order valence-electron chi connectivity index (χ0n) is 15.3. The predicted molar refractivity (Wildman–Crippen MR) is 92.8 cm³/mol. The molecule has 1 aromatic carbocycles. The average molecular weight is 381 g/mol. The van der Waals surface area contributed by atoms with E-state index in [1.54, 1.807) is 24.3 Å². The van der Waals surface area contributed by atoms with E-state index in [4.69, 9.17) is 18.9 Å². The standard InChI is InChI=1S/C18H23NO8/c1-10(20)19-13-4-6-14(7-5-13)26-18-15(23)8-16(25-12(3)22)17(27-18)9-24-11(2)21/h4-7,15-18,23H,8-9H2,1-3H3,(H,19,20)/t15?,16-,17?,18-/m0/s1. The van der Waals surface area contributed by atoms with E-state index in [9.17, 15) is 19.5 Å². The number of hydrogen-bond acceptors (Lipinski definition) is 8. The number of carbonyl (C=O) groups is 3. The van der Waals surface area contributed by atoms with Crippen LogP contribution in [0.1, 0.15) is 27.2 Å². The van der Waals surface area contributed by atoms with Crippen molar-refractivity contribution in [2.75, 3.05) is 11.9 Å². The Hall–Kier alpha value is -2.65. The van der Waals surface area contributed by atoms with Gasteiger partial charge in [0.25, 0.3) is 0 Å². The second kappa shape index (κ2) is 9.33. The van der Waals surface area contributed by atoms with Gasteiger partial charge < -0.3 is 29.4 Å². The second-order valence-corrected chi connectivity index (χ2v) is 6.12. The fourth-order valence-corrected chi connectivity index (χ4v) is 2.60. The van der Waals surface area contributed by atoms with Crippen LogP contribution in [0.15, 0.2) is 24.3 Å². The molecule has 0 saturated carbocycles. The third-order valence-corrected chi connectivity index (χ3v) is 3.71. The maximum Gasteiger partial charge on any atom is 0.302 e. The number of amides is 1. The van der Waals surface area contributed by atoms with E-state index in [1.165, 1.54) is 20.8 Å². The summed E-state index contributed by atoms with van der Waals surface area (Å²) in [4.78, 5) is 33.4. The molecule has 1 aliphatic rings. The molecule has 9 nitrogen and oxygen atoms in total. The summed E-state index contributed by atoms with van der Waals surface area (Å²) < 4.78 is 21.4. The number of hydrogen-bond donors (Lipinski definition) is 2. The summed E-state index contributed by atoms with van der Waals surface area (Å²) in [7, 11) is 0. The molecule has 0 bridgehead atoms. The summed E-state index contributed by atoms with van der Waals surface area (Å²) in [6.07, 6.45) is -3.56. The molecular weight excluding hydrogens is 358 g/mol. The number of benzene rings is 1. The maximum atomic E-state index is 11.3. The van der Waals surface area contributed by atoms with E-state index in [0.29, 0.717) is 11.4 Å². The fraction of sp³-hybridized carbons (Fsp3) is 0.500. The molecule has 1 heterocycles. The molecule has 2 N–H and O–H groups in total. The van der Waals surface area contributed by atoms with Crippen LogP contribution in [0, 0.1) is 0 Å². The van der Waals surface area contributed by atoms with Gasteiger partial charge in [0.05, 0.1) is 0 Å². The summed E-state index contributed by atoms with van der Waals surface area (Å²) >= 11 is 0. The van der Waals surface area contributed by atoms with E-state index < -0.39 is 36.5 Å². The van der Waals surface area contributed by atoms with Gasteiger partial charge in [-0.3, -0.25) is 14.4 Å². The summed E-state index contributed by atoms with van der Waals surface area (Å²) in [5.74, 6) is -0.821. The van der Waals surface area contributed by atoms with Crippen molar-refractivity contribution in [2.24, 2.45) is 0 Å². The zero-order chi connectivity index (χ0) is 20.0. The summed E-state index contributed by atoms with van der Waals surface area (Å²) in [5.41, 5.74) is 0.600. The highest BCUT2D eigenvalue weighted by atomic mass is 16.7. The van der Waals surface area contributed by atoms with Crippen LogP contribution in [-0.4, -0.2) is 54.2 Å². The fourth-order valence-electron chi connectivity index (χ4n) is 2.60. The van der Waals surface area contributed by atoms with Crippen molar-refractivity contribution in [3.05, 3.63) is 24.3 Å². The highest BCUT2D eigenvalue weighted by Gasteiger charge is 2.41. The monoisotopic (exact) mass is 381 g/mol. The maximum absolute atomic E-state index is 11.3. The molecule has 4 atom stereocenters. The molecule has 0 spiro atoms. The van der Waals surface area contributed by atoms with Crippen LogP contribution >= 0.6 is 0 Å². The Morgan fingerprint density at radius 1 is 1.15 bits per heavy atom. The van der Waals surface area contributed by atoms with E-state index in [2.05, 4.69) is 5.32 Å². The van der Waals surface area contributed by atoms with Gasteiger partial charge in [0.2, 0.25) is 12.2 Å². The Morgan fingerprint density at radius 2 is 1.81 bits per heavy atom. The number of rotatable bonds is 6. The van der Waals surface area contributed by atoms with Crippen LogP contribution in [0.3, 0.4) is 0 Å². The van der Waals surface area contributed by atoms with Gasteiger partial charge in [0.15, 0.2) is 0 Å². The molecule has 1 fully saturated rings. The van der Waals surface area contributed by atoms with Crippen LogP contribution in [-0.2, 0) is 28.6 Å². The van der Waals surface area contributed by atoms with Crippen molar-refractivity contribution in [3.8, 4) is 5.75 Å². The normalized spacial score (nSPS) is 24.6. The van der Waals surface area contributed by atoms with Gasteiger partial charge in [0.1, 0.15) is 30.7 Å². The molecule has 1 aliphatic heterocycles. The molecule has 2 unspecified atom stereocenters. The Balaban J connectivity index is 2.04. The largest absolute Gasteiger partial charge is 0.463 e. The van der Waals surface area contributed by atoms with Gasteiger partial charge in [0, 0.05) is 32.9 Å². The van der Waals surface area contributed by atoms with E-state index in [1.807, 2.05) is 0 Å². The highest BCUT2D eigenvalue weighted by molar-refractivity contribution is 5.88. The van der Waals surface area contributed by atoms with E-state index >= 15 is 0 Å². The van der Waals surface area contributed by atoms with Crippen molar-refractivity contribution in [1.82, 2.24) is 0 Å². The molecule has 1 aromatic rings. The van der Waals surface area contributed by atoms with Crippen LogP contribution in [0.2, 0.25) is 0 Å². The SMILES string of the molecule is CC(=O)Nc1ccc(O[C@H]2OC(COC(C)=O)[C@@H](OC(C)=O)CC2O)cc1. The molecule has 9 heteroatoms. The van der Waals surface area contributed by atoms with Crippen LogP contribution in [0.5, 0.6) is 5.75 Å². The average Bonchev–Trinajstić information content (AvgIpc) is 2.56. The topological polar surface area (TPSA) is 120 Å². The predicted octanol–water partition coefficient (Wildman–Crippen LogP) is 0.994. The first kappa shape index (κ1) is 20.7. The lowest BCUT2D eigenvalue weighted by Gasteiger charge is -2.38. The summed E-state index contributed by atoms with van der Waals surface area (Å²) in [5, 5.41) is 12.9. The number of carbonyl (C=O) groups excluding carboxylic acids is 3.